The SMILES string of the molecule is C[C@H](NC(=O)[C@@H]1CC=CC[C@H]1C(=O)O)c1ccc(Br)cc1. The van der Waals surface area contributed by atoms with Gasteiger partial charge in [0.15, 0.2) is 0 Å². The van der Waals surface area contributed by atoms with Gasteiger partial charge in [0.05, 0.1) is 17.9 Å². The van der Waals surface area contributed by atoms with Gasteiger partial charge in [0.1, 0.15) is 0 Å². The number of nitrogens with one attached hydrogen (secondary N) is 1. The highest BCUT2D eigenvalue weighted by Gasteiger charge is 2.34. The Hall–Kier alpha value is -1.62. The van der Waals surface area contributed by atoms with E-state index in [-0.39, 0.29) is 11.9 Å². The van der Waals surface area contributed by atoms with Crippen molar-refractivity contribution in [2.45, 2.75) is 25.8 Å². The highest BCUT2D eigenvalue weighted by atomic mass is 79.9. The minimum atomic E-state index is -0.907. The maximum atomic E-state index is 12.3. The highest BCUT2D eigenvalue weighted by molar-refractivity contribution is 9.10. The molecule has 0 fully saturated rings. The monoisotopic (exact) mass is 351 g/mol. The Morgan fingerprint density at radius 2 is 1.76 bits per heavy atom. The van der Waals surface area contributed by atoms with Crippen molar-refractivity contribution in [2.75, 3.05) is 0 Å². The number of benzene rings is 1. The van der Waals surface area contributed by atoms with Crippen LogP contribution in [-0.2, 0) is 9.59 Å². The van der Waals surface area contributed by atoms with Gasteiger partial charge in [0.25, 0.3) is 0 Å². The van der Waals surface area contributed by atoms with E-state index < -0.39 is 17.8 Å². The summed E-state index contributed by atoms with van der Waals surface area (Å²) in [5.74, 6) is -2.23. The maximum Gasteiger partial charge on any atom is 0.307 e. The van der Waals surface area contributed by atoms with Gasteiger partial charge < -0.3 is 10.4 Å². The van der Waals surface area contributed by atoms with Crippen LogP contribution in [0.25, 0.3) is 0 Å². The summed E-state index contributed by atoms with van der Waals surface area (Å²) in [5.41, 5.74) is 0.991. The van der Waals surface area contributed by atoms with Crippen molar-refractivity contribution in [3.8, 4) is 0 Å². The first-order valence-electron chi connectivity index (χ1n) is 6.92. The van der Waals surface area contributed by atoms with Crippen LogP contribution in [0.2, 0.25) is 0 Å². The highest BCUT2D eigenvalue weighted by Crippen LogP contribution is 2.27. The van der Waals surface area contributed by atoms with Gasteiger partial charge >= 0.3 is 5.97 Å². The lowest BCUT2D eigenvalue weighted by molar-refractivity contribution is -0.147. The van der Waals surface area contributed by atoms with Crippen LogP contribution in [0.15, 0.2) is 40.9 Å². The first-order chi connectivity index (χ1) is 9.99. The van der Waals surface area contributed by atoms with Gasteiger partial charge in [0.2, 0.25) is 5.91 Å². The molecule has 112 valence electrons. The Balaban J connectivity index is 2.04. The van der Waals surface area contributed by atoms with E-state index in [4.69, 9.17) is 0 Å². The van der Waals surface area contributed by atoms with Crippen molar-refractivity contribution in [1.82, 2.24) is 5.32 Å². The maximum absolute atomic E-state index is 12.3. The Labute approximate surface area is 132 Å². The molecule has 0 bridgehead atoms. The van der Waals surface area contributed by atoms with E-state index in [1.165, 1.54) is 0 Å². The van der Waals surface area contributed by atoms with E-state index in [0.717, 1.165) is 10.0 Å². The summed E-state index contributed by atoms with van der Waals surface area (Å²) >= 11 is 3.37. The molecule has 4 nitrogen and oxygen atoms in total. The molecule has 1 aromatic rings. The van der Waals surface area contributed by atoms with Gasteiger partial charge in [-0.2, -0.15) is 0 Å². The van der Waals surface area contributed by atoms with Crippen molar-refractivity contribution >= 4 is 27.8 Å². The average Bonchev–Trinajstić information content (AvgIpc) is 2.47. The number of carboxylic acid groups (broad SMARTS) is 1. The molecule has 21 heavy (non-hydrogen) atoms. The van der Waals surface area contributed by atoms with Crippen LogP contribution in [0.4, 0.5) is 0 Å². The van der Waals surface area contributed by atoms with Crippen molar-refractivity contribution in [3.63, 3.8) is 0 Å². The summed E-state index contributed by atoms with van der Waals surface area (Å²) in [4.78, 5) is 23.6. The van der Waals surface area contributed by atoms with Crippen molar-refractivity contribution in [1.29, 1.82) is 0 Å². The van der Waals surface area contributed by atoms with Gasteiger partial charge in [-0.1, -0.05) is 40.2 Å². The van der Waals surface area contributed by atoms with E-state index >= 15 is 0 Å². The van der Waals surface area contributed by atoms with Crippen LogP contribution in [0, 0.1) is 11.8 Å². The largest absolute Gasteiger partial charge is 0.481 e. The predicted octanol–water partition coefficient (Wildman–Crippen LogP) is 3.29. The summed E-state index contributed by atoms with van der Waals surface area (Å²) < 4.78 is 0.980. The van der Waals surface area contributed by atoms with E-state index in [9.17, 15) is 14.7 Å². The smallest absolute Gasteiger partial charge is 0.307 e. The number of carbonyl (C=O) groups is 2. The Bertz CT molecular complexity index is 553. The van der Waals surface area contributed by atoms with Crippen LogP contribution in [0.1, 0.15) is 31.4 Å². The fourth-order valence-electron chi connectivity index (χ4n) is 2.53. The van der Waals surface area contributed by atoms with Crippen molar-refractivity contribution in [3.05, 3.63) is 46.5 Å². The third kappa shape index (κ3) is 3.94. The number of amides is 1. The van der Waals surface area contributed by atoms with E-state index in [1.54, 1.807) is 0 Å². The standard InChI is InChI=1S/C16H18BrNO3/c1-10(11-6-8-12(17)9-7-11)18-15(19)13-4-2-3-5-14(13)16(20)21/h2-3,6-10,13-14H,4-5H2,1H3,(H,18,19)(H,20,21)/t10-,13+,14+/m0/s1. The first-order valence-corrected chi connectivity index (χ1v) is 7.72. The van der Waals surface area contributed by atoms with Crippen LogP contribution < -0.4 is 5.32 Å². The number of rotatable bonds is 4. The second-order valence-electron chi connectivity index (χ2n) is 5.28. The average molecular weight is 352 g/mol. The summed E-state index contributed by atoms with van der Waals surface area (Å²) in [6, 6.07) is 7.56. The molecule has 0 heterocycles. The zero-order valence-electron chi connectivity index (χ0n) is 11.8. The number of carbonyl (C=O) groups excluding carboxylic acids is 1. The molecule has 0 saturated carbocycles. The third-order valence-corrected chi connectivity index (χ3v) is 4.34. The lowest BCUT2D eigenvalue weighted by Crippen LogP contribution is -2.39. The van der Waals surface area contributed by atoms with Crippen molar-refractivity contribution in [2.24, 2.45) is 11.8 Å². The molecule has 1 aliphatic rings. The fourth-order valence-corrected chi connectivity index (χ4v) is 2.80. The minimum Gasteiger partial charge on any atom is -0.481 e. The number of carboxylic acids is 1. The molecule has 1 aromatic carbocycles. The second kappa shape index (κ2) is 6.89. The summed E-state index contributed by atoms with van der Waals surface area (Å²) in [6.45, 7) is 1.90. The van der Waals surface area contributed by atoms with Gasteiger partial charge in [0, 0.05) is 4.47 Å². The number of hydrogen-bond donors (Lipinski definition) is 2. The number of allylic oxidation sites excluding steroid dienone is 2. The number of hydrogen-bond acceptors (Lipinski definition) is 2. The van der Waals surface area contributed by atoms with Crippen LogP contribution in [0.3, 0.4) is 0 Å². The zero-order chi connectivity index (χ0) is 15.4. The summed E-state index contributed by atoms with van der Waals surface area (Å²) in [7, 11) is 0. The van der Waals surface area contributed by atoms with Gasteiger partial charge in [-0.05, 0) is 37.5 Å². The normalized spacial score (nSPS) is 22.6. The number of aliphatic carboxylic acids is 1. The summed E-state index contributed by atoms with van der Waals surface area (Å²) in [6.07, 6.45) is 4.62. The molecule has 0 spiro atoms. The number of halogens is 1. The lowest BCUT2D eigenvalue weighted by Gasteiger charge is -2.26. The Morgan fingerprint density at radius 1 is 1.19 bits per heavy atom. The van der Waals surface area contributed by atoms with E-state index in [1.807, 2.05) is 43.3 Å². The molecule has 5 heteroatoms. The molecule has 1 aliphatic carbocycles. The minimum absolute atomic E-state index is 0.147. The molecule has 2 N–H and O–H groups in total. The molecule has 2 rings (SSSR count). The molecule has 0 saturated heterocycles. The van der Waals surface area contributed by atoms with Gasteiger partial charge in [-0.25, -0.2) is 0 Å². The first kappa shape index (κ1) is 15.8. The molecule has 1 amide bonds. The second-order valence-corrected chi connectivity index (χ2v) is 6.19. The Morgan fingerprint density at radius 3 is 2.33 bits per heavy atom. The molecule has 0 aromatic heterocycles. The lowest BCUT2D eigenvalue weighted by atomic mass is 9.82. The van der Waals surface area contributed by atoms with Crippen LogP contribution >= 0.6 is 15.9 Å². The summed E-state index contributed by atoms with van der Waals surface area (Å²) in [5, 5.41) is 12.1. The molecule has 0 radical (unpaired) electrons. The molecular formula is C16H18BrNO3. The molecular weight excluding hydrogens is 334 g/mol. The predicted molar refractivity (Wildman–Crippen MR) is 83.7 cm³/mol. The zero-order valence-corrected chi connectivity index (χ0v) is 13.3. The quantitative estimate of drug-likeness (QED) is 0.818. The van der Waals surface area contributed by atoms with Crippen LogP contribution in [0.5, 0.6) is 0 Å². The van der Waals surface area contributed by atoms with Gasteiger partial charge in [-0.15, -0.1) is 0 Å². The van der Waals surface area contributed by atoms with E-state index in [0.29, 0.717) is 12.8 Å². The van der Waals surface area contributed by atoms with Gasteiger partial charge in [-0.3, -0.25) is 9.59 Å². The third-order valence-electron chi connectivity index (χ3n) is 3.82. The Kier molecular flexibility index (Phi) is 5.17. The topological polar surface area (TPSA) is 66.4 Å². The van der Waals surface area contributed by atoms with E-state index in [2.05, 4.69) is 21.2 Å². The molecule has 0 unspecified atom stereocenters. The fraction of sp³-hybridized carbons (Fsp3) is 0.375. The molecule has 0 aliphatic heterocycles. The van der Waals surface area contributed by atoms with Crippen molar-refractivity contribution < 1.29 is 14.7 Å². The molecule has 3 atom stereocenters. The van der Waals surface area contributed by atoms with Crippen LogP contribution in [-0.4, -0.2) is 17.0 Å².